The van der Waals surface area contributed by atoms with Gasteiger partial charge in [0.15, 0.2) is 9.84 Å². The number of carboxylic acids is 1. The maximum atomic E-state index is 11.4. The van der Waals surface area contributed by atoms with Crippen molar-refractivity contribution in [2.24, 2.45) is 0 Å². The minimum Gasteiger partial charge on any atom is -0.478 e. The highest BCUT2D eigenvalue weighted by Gasteiger charge is 2.29. The molecule has 1 fully saturated rings. The summed E-state index contributed by atoms with van der Waals surface area (Å²) < 4.78 is 22.9. The predicted octanol–water partition coefficient (Wildman–Crippen LogP) is -0.202. The van der Waals surface area contributed by atoms with Crippen molar-refractivity contribution in [3.05, 3.63) is 18.0 Å². The third kappa shape index (κ3) is 2.58. The lowest BCUT2D eigenvalue weighted by molar-refractivity contribution is 0.0696. The molecular weight excluding hydrogens is 258 g/mol. The molecule has 1 unspecified atom stereocenters. The Morgan fingerprint density at radius 3 is 2.56 bits per heavy atom. The highest BCUT2D eigenvalue weighted by atomic mass is 32.2. The molecule has 0 radical (unpaired) electrons. The van der Waals surface area contributed by atoms with Gasteiger partial charge in [-0.15, -0.1) is 0 Å². The number of hydrogen-bond acceptors (Lipinski definition) is 6. The van der Waals surface area contributed by atoms with E-state index >= 15 is 0 Å². The van der Waals surface area contributed by atoms with E-state index in [1.165, 1.54) is 12.4 Å². The maximum absolute atomic E-state index is 11.4. The van der Waals surface area contributed by atoms with Gasteiger partial charge >= 0.3 is 5.97 Å². The summed E-state index contributed by atoms with van der Waals surface area (Å²) in [6, 6.07) is -0.209. The monoisotopic (exact) mass is 271 g/mol. The van der Waals surface area contributed by atoms with E-state index in [1.807, 2.05) is 0 Å². The van der Waals surface area contributed by atoms with Gasteiger partial charge in [0, 0.05) is 25.0 Å². The van der Waals surface area contributed by atoms with Crippen LogP contribution in [0.2, 0.25) is 0 Å². The smallest absolute Gasteiger partial charge is 0.338 e. The highest BCUT2D eigenvalue weighted by Crippen LogP contribution is 2.17. The number of rotatable bonds is 2. The van der Waals surface area contributed by atoms with Crippen LogP contribution in [0, 0.1) is 0 Å². The van der Waals surface area contributed by atoms with Gasteiger partial charge in [-0.05, 0) is 6.92 Å². The number of aromatic nitrogens is 2. The van der Waals surface area contributed by atoms with Crippen molar-refractivity contribution in [1.82, 2.24) is 9.97 Å². The molecule has 0 amide bonds. The highest BCUT2D eigenvalue weighted by molar-refractivity contribution is 7.91. The molecule has 18 heavy (non-hydrogen) atoms. The SMILES string of the molecule is CC1CS(=O)(=O)CCN1c1ncc(C(=O)O)cn1. The van der Waals surface area contributed by atoms with Crippen LogP contribution in [-0.2, 0) is 9.84 Å². The Morgan fingerprint density at radius 1 is 1.44 bits per heavy atom. The Bertz CT molecular complexity index is 555. The molecule has 1 N–H and O–H groups in total. The van der Waals surface area contributed by atoms with Crippen molar-refractivity contribution in [1.29, 1.82) is 0 Å². The molecule has 1 atom stereocenters. The third-order valence-electron chi connectivity index (χ3n) is 2.81. The van der Waals surface area contributed by atoms with E-state index in [0.717, 1.165) is 0 Å². The van der Waals surface area contributed by atoms with Crippen LogP contribution in [0.25, 0.3) is 0 Å². The second-order valence-corrected chi connectivity index (χ2v) is 6.46. The summed E-state index contributed by atoms with van der Waals surface area (Å²) in [5.74, 6) is -0.587. The van der Waals surface area contributed by atoms with Gasteiger partial charge in [0.05, 0.1) is 17.1 Å². The molecule has 0 aromatic carbocycles. The van der Waals surface area contributed by atoms with E-state index in [-0.39, 0.29) is 23.1 Å². The van der Waals surface area contributed by atoms with Crippen molar-refractivity contribution in [2.45, 2.75) is 13.0 Å². The molecule has 0 spiro atoms. The minimum atomic E-state index is -2.99. The fourth-order valence-electron chi connectivity index (χ4n) is 1.88. The lowest BCUT2D eigenvalue weighted by atomic mass is 10.3. The molecule has 8 heteroatoms. The Kier molecular flexibility index (Phi) is 3.20. The van der Waals surface area contributed by atoms with Crippen molar-refractivity contribution in [2.75, 3.05) is 23.0 Å². The minimum absolute atomic E-state index is 0.0102. The normalized spacial score (nSPS) is 22.7. The van der Waals surface area contributed by atoms with Crippen LogP contribution >= 0.6 is 0 Å². The average Bonchev–Trinajstić information content (AvgIpc) is 2.28. The van der Waals surface area contributed by atoms with Crippen LogP contribution in [0.15, 0.2) is 12.4 Å². The van der Waals surface area contributed by atoms with Crippen molar-refractivity contribution >= 4 is 21.8 Å². The number of sulfone groups is 1. The zero-order valence-corrected chi connectivity index (χ0v) is 10.6. The Labute approximate surface area is 104 Å². The average molecular weight is 271 g/mol. The summed E-state index contributed by atoms with van der Waals surface area (Å²) >= 11 is 0. The molecule has 1 aromatic rings. The molecule has 1 saturated heterocycles. The predicted molar refractivity (Wildman–Crippen MR) is 64.5 cm³/mol. The Hall–Kier alpha value is -1.70. The van der Waals surface area contributed by atoms with Gasteiger partial charge in [0.2, 0.25) is 5.95 Å². The third-order valence-corrected chi connectivity index (χ3v) is 4.61. The van der Waals surface area contributed by atoms with Crippen molar-refractivity contribution < 1.29 is 18.3 Å². The first-order chi connectivity index (χ1) is 8.39. The van der Waals surface area contributed by atoms with Gasteiger partial charge in [0.1, 0.15) is 0 Å². The summed E-state index contributed by atoms with van der Waals surface area (Å²) in [7, 11) is -2.99. The molecule has 98 valence electrons. The van der Waals surface area contributed by atoms with E-state index in [0.29, 0.717) is 12.5 Å². The van der Waals surface area contributed by atoms with Crippen LogP contribution in [-0.4, -0.2) is 53.6 Å². The van der Waals surface area contributed by atoms with E-state index in [2.05, 4.69) is 9.97 Å². The molecule has 1 aliphatic rings. The zero-order chi connectivity index (χ0) is 13.3. The van der Waals surface area contributed by atoms with E-state index in [1.54, 1.807) is 11.8 Å². The van der Waals surface area contributed by atoms with Crippen LogP contribution in [0.3, 0.4) is 0 Å². The van der Waals surface area contributed by atoms with Gasteiger partial charge in [-0.2, -0.15) is 0 Å². The molecule has 2 rings (SSSR count). The molecule has 2 heterocycles. The Morgan fingerprint density at radius 2 is 2.06 bits per heavy atom. The summed E-state index contributed by atoms with van der Waals surface area (Å²) in [6.45, 7) is 2.11. The second-order valence-electron chi connectivity index (χ2n) is 4.23. The number of hydrogen-bond donors (Lipinski definition) is 1. The van der Waals surface area contributed by atoms with Crippen LogP contribution in [0.5, 0.6) is 0 Å². The number of aromatic carboxylic acids is 1. The summed E-state index contributed by atoms with van der Waals surface area (Å²) in [5, 5.41) is 8.73. The Balaban J connectivity index is 2.20. The van der Waals surface area contributed by atoms with E-state index in [9.17, 15) is 13.2 Å². The summed E-state index contributed by atoms with van der Waals surface area (Å²) in [5.41, 5.74) is 0.0102. The second kappa shape index (κ2) is 4.52. The molecule has 0 aliphatic carbocycles. The molecule has 7 nitrogen and oxygen atoms in total. The van der Waals surface area contributed by atoms with Gasteiger partial charge < -0.3 is 10.0 Å². The largest absolute Gasteiger partial charge is 0.478 e. The number of nitrogens with zero attached hydrogens (tertiary/aromatic N) is 3. The quantitative estimate of drug-likeness (QED) is 0.794. The topological polar surface area (TPSA) is 100 Å². The first kappa shape index (κ1) is 12.7. The van der Waals surface area contributed by atoms with E-state index in [4.69, 9.17) is 5.11 Å². The van der Waals surface area contributed by atoms with Gasteiger partial charge in [-0.3, -0.25) is 0 Å². The van der Waals surface area contributed by atoms with Crippen LogP contribution in [0.1, 0.15) is 17.3 Å². The first-order valence-corrected chi connectivity index (χ1v) is 7.23. The molecule has 0 saturated carbocycles. The van der Waals surface area contributed by atoms with Crippen LogP contribution in [0.4, 0.5) is 5.95 Å². The molecule has 1 aromatic heterocycles. The number of anilines is 1. The summed E-state index contributed by atoms with van der Waals surface area (Å²) in [4.78, 5) is 20.4. The fraction of sp³-hybridized carbons (Fsp3) is 0.500. The molecular formula is C10H13N3O4S. The van der Waals surface area contributed by atoms with Crippen LogP contribution < -0.4 is 4.90 Å². The zero-order valence-electron chi connectivity index (χ0n) is 9.78. The fourth-order valence-corrected chi connectivity index (χ4v) is 3.43. The lowest BCUT2D eigenvalue weighted by Crippen LogP contribution is -2.47. The standard InChI is InChI=1S/C10H13N3O4S/c1-7-6-18(16,17)3-2-13(7)10-11-4-8(5-12-10)9(14)15/h4-5,7H,2-3,6H2,1H3,(H,14,15). The van der Waals surface area contributed by atoms with E-state index < -0.39 is 15.8 Å². The number of carbonyl (C=O) groups is 1. The van der Waals surface area contributed by atoms with Crippen molar-refractivity contribution in [3.63, 3.8) is 0 Å². The lowest BCUT2D eigenvalue weighted by Gasteiger charge is -2.32. The van der Waals surface area contributed by atoms with Gasteiger partial charge in [-0.25, -0.2) is 23.2 Å². The number of carboxylic acid groups (broad SMARTS) is 1. The maximum Gasteiger partial charge on any atom is 0.338 e. The van der Waals surface area contributed by atoms with Gasteiger partial charge in [-0.1, -0.05) is 0 Å². The summed E-state index contributed by atoms with van der Waals surface area (Å²) in [6.07, 6.45) is 2.45. The first-order valence-electron chi connectivity index (χ1n) is 5.41. The van der Waals surface area contributed by atoms with Crippen molar-refractivity contribution in [3.8, 4) is 0 Å². The van der Waals surface area contributed by atoms with Gasteiger partial charge in [0.25, 0.3) is 0 Å². The molecule has 1 aliphatic heterocycles. The molecule has 0 bridgehead atoms.